The monoisotopic (exact) mass is 414 g/mol. The molecule has 0 saturated heterocycles. The van der Waals surface area contributed by atoms with Crippen molar-refractivity contribution in [3.05, 3.63) is 0 Å². The summed E-state index contributed by atoms with van der Waals surface area (Å²) in [7, 11) is 0. The Morgan fingerprint density at radius 2 is 1.33 bits per heavy atom. The van der Waals surface area contributed by atoms with Gasteiger partial charge in [-0.1, -0.05) is 6.42 Å². The highest BCUT2D eigenvalue weighted by molar-refractivity contribution is 7.98. The molecule has 0 saturated carbocycles. The number of unbranched alkanes of at least 4 members (excludes halogenated alkanes) is 1. The standard InChI is InChI=1S/C6H14N2O2.C5H11NO2S.C4H9NO3/c7-4-2-1-3-5(8)6(9)10;1-9-3-2-4(6)5(7)8;1-2(6)3(5)4(7)8/h5H,1-4,7-8H2,(H,9,10);4H,2-3,6H2,1H3,(H,7,8);2-3,6H,5H2,1H3,(H,7,8). The summed E-state index contributed by atoms with van der Waals surface area (Å²) in [5, 5.41) is 33.2. The van der Waals surface area contributed by atoms with E-state index in [2.05, 4.69) is 0 Å². The van der Waals surface area contributed by atoms with Crippen molar-refractivity contribution in [3.8, 4) is 0 Å². The summed E-state index contributed by atoms with van der Waals surface area (Å²) in [6.45, 7) is 1.94. The van der Waals surface area contributed by atoms with Crippen molar-refractivity contribution in [1.82, 2.24) is 0 Å². The Morgan fingerprint density at radius 1 is 0.889 bits per heavy atom. The molecular weight excluding hydrogens is 380 g/mol. The fraction of sp³-hybridized carbons (Fsp3) is 0.800. The van der Waals surface area contributed by atoms with Gasteiger partial charge < -0.3 is 43.4 Å². The number of carboxylic acid groups (broad SMARTS) is 3. The highest BCUT2D eigenvalue weighted by atomic mass is 32.2. The van der Waals surface area contributed by atoms with Crippen molar-refractivity contribution < 1.29 is 34.8 Å². The molecule has 0 spiro atoms. The summed E-state index contributed by atoms with van der Waals surface area (Å²) in [5.74, 6) is -2.21. The first kappa shape index (κ1) is 30.3. The minimum Gasteiger partial charge on any atom is -0.480 e. The zero-order valence-electron chi connectivity index (χ0n) is 15.8. The second-order valence-electron chi connectivity index (χ2n) is 5.56. The van der Waals surface area contributed by atoms with Crippen LogP contribution >= 0.6 is 11.8 Å². The maximum Gasteiger partial charge on any atom is 0.323 e. The lowest BCUT2D eigenvalue weighted by atomic mass is 10.1. The Kier molecular flexibility index (Phi) is 21.7. The van der Waals surface area contributed by atoms with E-state index < -0.39 is 42.1 Å². The maximum absolute atomic E-state index is 10.1. The predicted octanol–water partition coefficient (Wildman–Crippen LogP) is -1.54. The molecule has 12 N–H and O–H groups in total. The zero-order valence-corrected chi connectivity index (χ0v) is 16.6. The molecule has 0 aliphatic heterocycles. The molecule has 0 bridgehead atoms. The largest absolute Gasteiger partial charge is 0.480 e. The first-order valence-electron chi connectivity index (χ1n) is 8.24. The molecule has 0 aromatic carbocycles. The van der Waals surface area contributed by atoms with E-state index in [0.29, 0.717) is 19.4 Å². The fourth-order valence-electron chi connectivity index (χ4n) is 1.21. The van der Waals surface area contributed by atoms with Gasteiger partial charge in [-0.2, -0.15) is 11.8 Å². The van der Waals surface area contributed by atoms with Crippen molar-refractivity contribution >= 4 is 29.7 Å². The molecule has 0 aliphatic rings. The molecule has 12 heteroatoms. The lowest BCUT2D eigenvalue weighted by molar-refractivity contribution is -0.141. The lowest BCUT2D eigenvalue weighted by Gasteiger charge is -2.06. The molecule has 0 aliphatic carbocycles. The van der Waals surface area contributed by atoms with Gasteiger partial charge in [0.25, 0.3) is 0 Å². The van der Waals surface area contributed by atoms with Gasteiger partial charge in [0, 0.05) is 0 Å². The Morgan fingerprint density at radius 3 is 1.59 bits per heavy atom. The van der Waals surface area contributed by atoms with Crippen molar-refractivity contribution in [2.45, 2.75) is 56.8 Å². The Hall–Kier alpha value is -1.44. The number of aliphatic carboxylic acids is 3. The van der Waals surface area contributed by atoms with E-state index in [9.17, 15) is 14.4 Å². The van der Waals surface area contributed by atoms with Crippen molar-refractivity contribution in [2.24, 2.45) is 22.9 Å². The number of aliphatic hydroxyl groups excluding tert-OH is 1. The van der Waals surface area contributed by atoms with Gasteiger partial charge in [-0.15, -0.1) is 0 Å². The van der Waals surface area contributed by atoms with Crippen LogP contribution < -0.4 is 22.9 Å². The number of carboxylic acids is 3. The highest BCUT2D eigenvalue weighted by Crippen LogP contribution is 1.98. The first-order chi connectivity index (χ1) is 12.4. The second-order valence-corrected chi connectivity index (χ2v) is 6.55. The van der Waals surface area contributed by atoms with Crippen LogP contribution in [0.1, 0.15) is 32.6 Å². The van der Waals surface area contributed by atoms with Crippen LogP contribution in [0.25, 0.3) is 0 Å². The summed E-state index contributed by atoms with van der Waals surface area (Å²) in [6, 6.07) is -2.56. The summed E-state index contributed by atoms with van der Waals surface area (Å²) >= 11 is 1.60. The average Bonchev–Trinajstić information content (AvgIpc) is 2.59. The molecule has 0 rings (SSSR count). The molecule has 0 heterocycles. The van der Waals surface area contributed by atoms with Crippen LogP contribution in [0.4, 0.5) is 0 Å². The topological polar surface area (TPSA) is 236 Å². The fourth-order valence-corrected chi connectivity index (χ4v) is 1.70. The van der Waals surface area contributed by atoms with E-state index in [-0.39, 0.29) is 0 Å². The number of nitrogens with two attached hydrogens (primary N) is 4. The second kappa shape index (κ2) is 19.3. The van der Waals surface area contributed by atoms with Crippen LogP contribution in [0.15, 0.2) is 0 Å². The van der Waals surface area contributed by atoms with Gasteiger partial charge in [-0.25, -0.2) is 0 Å². The van der Waals surface area contributed by atoms with Crippen molar-refractivity contribution in [3.63, 3.8) is 0 Å². The van der Waals surface area contributed by atoms with Crippen molar-refractivity contribution in [2.75, 3.05) is 18.6 Å². The maximum atomic E-state index is 10.1. The van der Waals surface area contributed by atoms with Crippen LogP contribution in [0.3, 0.4) is 0 Å². The van der Waals surface area contributed by atoms with Crippen molar-refractivity contribution in [1.29, 1.82) is 0 Å². The summed E-state index contributed by atoms with van der Waals surface area (Å²) in [4.78, 5) is 30.1. The molecule has 0 aromatic heterocycles. The molecule has 0 amide bonds. The summed E-state index contributed by atoms with van der Waals surface area (Å²) < 4.78 is 0. The smallest absolute Gasteiger partial charge is 0.323 e. The highest BCUT2D eigenvalue weighted by Gasteiger charge is 2.16. The molecule has 0 radical (unpaired) electrons. The van der Waals surface area contributed by atoms with Gasteiger partial charge in [-0.05, 0) is 44.7 Å². The van der Waals surface area contributed by atoms with Gasteiger partial charge in [0.05, 0.1) is 6.10 Å². The Balaban J connectivity index is -0.000000322. The van der Waals surface area contributed by atoms with E-state index in [1.165, 1.54) is 6.92 Å². The molecule has 0 fully saturated rings. The molecule has 4 unspecified atom stereocenters. The third kappa shape index (κ3) is 22.5. The number of thioether (sulfide) groups is 1. The number of hydrogen-bond acceptors (Lipinski definition) is 9. The van der Waals surface area contributed by atoms with E-state index in [0.717, 1.165) is 18.6 Å². The van der Waals surface area contributed by atoms with Crippen LogP contribution in [0, 0.1) is 0 Å². The SMILES string of the molecule is CC(O)C(N)C(=O)O.CSCCC(N)C(=O)O.NCCCCC(N)C(=O)O. The van der Waals surface area contributed by atoms with Gasteiger partial charge in [-0.3, -0.25) is 14.4 Å². The number of aliphatic hydroxyl groups is 1. The minimum absolute atomic E-state index is 0.520. The molecule has 4 atom stereocenters. The molecule has 0 aromatic rings. The number of rotatable bonds is 11. The van der Waals surface area contributed by atoms with Crippen LogP contribution in [-0.2, 0) is 14.4 Å². The molecule has 27 heavy (non-hydrogen) atoms. The van der Waals surface area contributed by atoms with Gasteiger partial charge in [0.15, 0.2) is 0 Å². The van der Waals surface area contributed by atoms with E-state index in [1.807, 2.05) is 6.26 Å². The van der Waals surface area contributed by atoms with Gasteiger partial charge in [0.2, 0.25) is 0 Å². The number of hydrogen-bond donors (Lipinski definition) is 8. The summed E-state index contributed by atoms with van der Waals surface area (Å²) in [5.41, 5.74) is 20.5. The predicted molar refractivity (Wildman–Crippen MR) is 104 cm³/mol. The van der Waals surface area contributed by atoms with Crippen LogP contribution in [-0.4, -0.2) is 81.1 Å². The van der Waals surface area contributed by atoms with Gasteiger partial charge >= 0.3 is 17.9 Å². The third-order valence-corrected chi connectivity index (χ3v) is 3.69. The Labute approximate surface area is 163 Å². The normalized spacial score (nSPS) is 14.3. The minimum atomic E-state index is -1.18. The van der Waals surface area contributed by atoms with Gasteiger partial charge in [0.1, 0.15) is 18.1 Å². The third-order valence-electron chi connectivity index (χ3n) is 3.04. The van der Waals surface area contributed by atoms with E-state index >= 15 is 0 Å². The van der Waals surface area contributed by atoms with Crippen LogP contribution in [0.5, 0.6) is 0 Å². The first-order valence-corrected chi connectivity index (χ1v) is 9.63. The van der Waals surface area contributed by atoms with Crippen LogP contribution in [0.2, 0.25) is 0 Å². The molecule has 162 valence electrons. The molecule has 11 nitrogen and oxygen atoms in total. The lowest BCUT2D eigenvalue weighted by Crippen LogP contribution is -2.39. The Bertz CT molecular complexity index is 414. The van der Waals surface area contributed by atoms with E-state index in [1.54, 1.807) is 11.8 Å². The summed E-state index contributed by atoms with van der Waals surface area (Å²) in [6.07, 6.45) is 3.66. The average molecular weight is 415 g/mol. The number of carbonyl (C=O) groups is 3. The quantitative estimate of drug-likeness (QED) is 0.179. The van der Waals surface area contributed by atoms with E-state index in [4.69, 9.17) is 43.4 Å². The molecular formula is C15H34N4O7S. The zero-order chi connectivity index (χ0) is 22.0.